The summed E-state index contributed by atoms with van der Waals surface area (Å²) in [6.45, 7) is 3.45. The number of para-hydroxylation sites is 1. The quantitative estimate of drug-likeness (QED) is 0.281. The van der Waals surface area contributed by atoms with Crippen LogP contribution in [0.15, 0.2) is 54.6 Å². The van der Waals surface area contributed by atoms with Gasteiger partial charge in [-0.3, -0.25) is 9.36 Å². The van der Waals surface area contributed by atoms with Gasteiger partial charge in [-0.15, -0.1) is 11.3 Å². The number of carboxylic acid groups (broad SMARTS) is 1. The van der Waals surface area contributed by atoms with Crippen LogP contribution in [0.4, 0.5) is 4.39 Å². The molecule has 0 aliphatic heterocycles. The standard InChI is InChI=1S/C22H23FNO6PS/c1-3-11-29-22(27)14(2)24-31(28,30-17-7-5-4-6-8-17)20(23)15-9-10-18-16(12-15)13-19(32-18)21(25)26/h4-10,12-14,20H,3,11H2,1-2H3,(H,24,28)(H,25,26)/t14-,20+,31-/m0/s1. The number of fused-ring (bicyclic) bond motifs is 1. The summed E-state index contributed by atoms with van der Waals surface area (Å²) >= 11 is 1.06. The number of aromatic carboxylic acids is 1. The fourth-order valence-electron chi connectivity index (χ4n) is 2.94. The highest BCUT2D eigenvalue weighted by Crippen LogP contribution is 2.58. The fourth-order valence-corrected chi connectivity index (χ4v) is 5.73. The number of carbonyl (C=O) groups excluding carboxylic acids is 1. The lowest BCUT2D eigenvalue weighted by atomic mass is 10.2. The summed E-state index contributed by atoms with van der Waals surface area (Å²) in [4.78, 5) is 23.5. The Bertz CT molecular complexity index is 1150. The molecule has 170 valence electrons. The molecular weight excluding hydrogens is 456 g/mol. The number of carboxylic acids is 1. The molecule has 0 aliphatic rings. The number of rotatable bonds is 10. The number of nitrogens with one attached hydrogen (secondary N) is 1. The first-order chi connectivity index (χ1) is 15.2. The molecule has 0 unspecified atom stereocenters. The largest absolute Gasteiger partial charge is 0.477 e. The van der Waals surface area contributed by atoms with Crippen LogP contribution in [0.2, 0.25) is 0 Å². The van der Waals surface area contributed by atoms with Gasteiger partial charge in [-0.05, 0) is 54.6 Å². The maximum Gasteiger partial charge on any atom is 0.355 e. The molecule has 10 heteroatoms. The van der Waals surface area contributed by atoms with Gasteiger partial charge in [0.25, 0.3) is 0 Å². The minimum absolute atomic E-state index is 0.0353. The third-order valence-electron chi connectivity index (χ3n) is 4.48. The molecule has 0 saturated heterocycles. The number of hydrogen-bond acceptors (Lipinski definition) is 6. The molecule has 2 N–H and O–H groups in total. The zero-order valence-electron chi connectivity index (χ0n) is 17.5. The Morgan fingerprint density at radius 3 is 2.56 bits per heavy atom. The van der Waals surface area contributed by atoms with Gasteiger partial charge >= 0.3 is 19.5 Å². The van der Waals surface area contributed by atoms with E-state index in [1.807, 2.05) is 6.92 Å². The molecule has 3 rings (SSSR count). The molecular formula is C22H23FNO6PS. The van der Waals surface area contributed by atoms with E-state index in [4.69, 9.17) is 9.26 Å². The number of hydrogen-bond donors (Lipinski definition) is 2. The summed E-state index contributed by atoms with van der Waals surface area (Å²) in [5.41, 5.74) is 0.0353. The molecule has 1 heterocycles. The van der Waals surface area contributed by atoms with Crippen LogP contribution in [0.5, 0.6) is 5.75 Å². The van der Waals surface area contributed by atoms with E-state index in [0.717, 1.165) is 11.3 Å². The molecule has 1 aromatic heterocycles. The van der Waals surface area contributed by atoms with Gasteiger partial charge in [-0.2, -0.15) is 0 Å². The van der Waals surface area contributed by atoms with Crippen molar-refractivity contribution in [2.45, 2.75) is 32.2 Å². The summed E-state index contributed by atoms with van der Waals surface area (Å²) in [5, 5.41) is 12.2. The molecule has 0 aliphatic carbocycles. The molecule has 3 aromatic rings. The van der Waals surface area contributed by atoms with Crippen LogP contribution in [0, 0.1) is 0 Å². The predicted octanol–water partition coefficient (Wildman–Crippen LogP) is 5.77. The molecule has 0 fully saturated rings. The minimum Gasteiger partial charge on any atom is -0.477 e. The Labute approximate surface area is 188 Å². The maximum atomic E-state index is 15.7. The molecule has 3 atom stereocenters. The number of thiophene rings is 1. The highest BCUT2D eigenvalue weighted by Gasteiger charge is 2.40. The van der Waals surface area contributed by atoms with Gasteiger partial charge < -0.3 is 14.4 Å². The Morgan fingerprint density at radius 2 is 1.91 bits per heavy atom. The second-order valence-electron chi connectivity index (χ2n) is 7.07. The van der Waals surface area contributed by atoms with Crippen LogP contribution in [-0.4, -0.2) is 29.7 Å². The zero-order valence-corrected chi connectivity index (χ0v) is 19.2. The van der Waals surface area contributed by atoms with E-state index in [1.165, 1.54) is 37.3 Å². The monoisotopic (exact) mass is 479 g/mol. The summed E-state index contributed by atoms with van der Waals surface area (Å²) in [7, 11) is -4.32. The van der Waals surface area contributed by atoms with Crippen molar-refractivity contribution < 1.29 is 32.9 Å². The first-order valence-electron chi connectivity index (χ1n) is 9.93. The molecule has 0 amide bonds. The smallest absolute Gasteiger partial charge is 0.355 e. The van der Waals surface area contributed by atoms with Crippen molar-refractivity contribution >= 4 is 40.9 Å². The van der Waals surface area contributed by atoms with Crippen LogP contribution in [0.1, 0.15) is 41.4 Å². The first-order valence-corrected chi connectivity index (χ1v) is 12.4. The Morgan fingerprint density at radius 1 is 1.19 bits per heavy atom. The molecule has 7 nitrogen and oxygen atoms in total. The summed E-state index contributed by atoms with van der Waals surface area (Å²) < 4.78 is 40.7. The SMILES string of the molecule is CCCOC(=O)[C@H](C)N[P@@](=O)(Oc1ccccc1)[C@@H](F)c1ccc2sc(C(=O)O)cc2c1. The van der Waals surface area contributed by atoms with Crippen LogP contribution >= 0.6 is 18.9 Å². The molecule has 32 heavy (non-hydrogen) atoms. The Hall–Kier alpha value is -2.74. The van der Waals surface area contributed by atoms with Crippen LogP contribution in [-0.2, 0) is 14.1 Å². The lowest BCUT2D eigenvalue weighted by Crippen LogP contribution is -2.35. The van der Waals surface area contributed by atoms with Gasteiger partial charge in [0.05, 0.1) is 6.61 Å². The summed E-state index contributed by atoms with van der Waals surface area (Å²) in [5.74, 6) is -3.70. The van der Waals surface area contributed by atoms with Gasteiger partial charge in [-0.25, -0.2) is 14.3 Å². The number of carbonyl (C=O) groups is 2. The second kappa shape index (κ2) is 10.3. The van der Waals surface area contributed by atoms with E-state index in [9.17, 15) is 19.3 Å². The topological polar surface area (TPSA) is 102 Å². The minimum atomic E-state index is -4.32. The van der Waals surface area contributed by atoms with Crippen molar-refractivity contribution in [2.24, 2.45) is 0 Å². The number of halogens is 1. The van der Waals surface area contributed by atoms with Crippen molar-refractivity contribution in [3.05, 3.63) is 65.0 Å². The Kier molecular flexibility index (Phi) is 7.66. The van der Waals surface area contributed by atoms with E-state index in [2.05, 4.69) is 5.09 Å². The van der Waals surface area contributed by atoms with Crippen molar-refractivity contribution in [1.29, 1.82) is 0 Å². The van der Waals surface area contributed by atoms with E-state index in [1.54, 1.807) is 24.3 Å². The zero-order chi connectivity index (χ0) is 23.3. The normalized spacial score (nSPS) is 15.0. The lowest BCUT2D eigenvalue weighted by Gasteiger charge is -2.26. The summed E-state index contributed by atoms with van der Waals surface area (Å²) in [6, 6.07) is 12.9. The number of esters is 1. The number of ether oxygens (including phenoxy) is 1. The molecule has 0 saturated carbocycles. The van der Waals surface area contributed by atoms with Crippen molar-refractivity contribution in [2.75, 3.05) is 6.61 Å². The van der Waals surface area contributed by atoms with Crippen LogP contribution in [0.25, 0.3) is 10.1 Å². The highest BCUT2D eigenvalue weighted by molar-refractivity contribution is 7.57. The van der Waals surface area contributed by atoms with E-state index in [0.29, 0.717) is 16.5 Å². The maximum absolute atomic E-state index is 15.7. The van der Waals surface area contributed by atoms with Crippen molar-refractivity contribution in [3.8, 4) is 5.75 Å². The third-order valence-corrected chi connectivity index (χ3v) is 7.71. The van der Waals surface area contributed by atoms with Crippen molar-refractivity contribution in [3.63, 3.8) is 0 Å². The van der Waals surface area contributed by atoms with E-state index < -0.39 is 31.4 Å². The van der Waals surface area contributed by atoms with Crippen LogP contribution < -0.4 is 9.61 Å². The second-order valence-corrected chi connectivity index (χ2v) is 10.2. The van der Waals surface area contributed by atoms with Crippen molar-refractivity contribution in [1.82, 2.24) is 5.09 Å². The highest BCUT2D eigenvalue weighted by atomic mass is 32.1. The fraction of sp³-hybridized carbons (Fsp3) is 0.273. The first kappa shape index (κ1) is 23.9. The lowest BCUT2D eigenvalue weighted by molar-refractivity contribution is -0.145. The number of alkyl halides is 1. The molecule has 0 spiro atoms. The van der Waals surface area contributed by atoms with Gasteiger partial charge in [0.2, 0.25) is 5.91 Å². The van der Waals surface area contributed by atoms with Gasteiger partial charge in [0.15, 0.2) is 0 Å². The van der Waals surface area contributed by atoms with E-state index in [-0.39, 0.29) is 22.8 Å². The van der Waals surface area contributed by atoms with Gasteiger partial charge in [0, 0.05) is 4.70 Å². The third kappa shape index (κ3) is 5.54. The number of benzene rings is 2. The van der Waals surface area contributed by atoms with Gasteiger partial charge in [0.1, 0.15) is 16.7 Å². The van der Waals surface area contributed by atoms with Gasteiger partial charge in [-0.1, -0.05) is 31.2 Å². The molecule has 0 bridgehead atoms. The van der Waals surface area contributed by atoms with E-state index >= 15 is 4.39 Å². The predicted molar refractivity (Wildman–Crippen MR) is 121 cm³/mol. The Balaban J connectivity index is 1.94. The average Bonchev–Trinajstić information content (AvgIpc) is 3.21. The molecule has 2 aromatic carbocycles. The average molecular weight is 479 g/mol. The summed E-state index contributed by atoms with van der Waals surface area (Å²) in [6.07, 6.45) is 0.612. The molecule has 0 radical (unpaired) electrons. The van der Waals surface area contributed by atoms with Crippen LogP contribution in [0.3, 0.4) is 0 Å².